The zero-order chi connectivity index (χ0) is 10.8. The van der Waals surface area contributed by atoms with Gasteiger partial charge in [0.2, 0.25) is 5.91 Å². The van der Waals surface area contributed by atoms with Gasteiger partial charge in [-0.1, -0.05) is 12.1 Å². The van der Waals surface area contributed by atoms with E-state index in [4.69, 9.17) is 5.73 Å². The average molecular weight is 203 g/mol. The van der Waals surface area contributed by atoms with E-state index in [1.807, 2.05) is 25.1 Å². The van der Waals surface area contributed by atoms with E-state index in [2.05, 4.69) is 10.3 Å². The highest BCUT2D eigenvalue weighted by molar-refractivity contribution is 6.12. The van der Waals surface area contributed by atoms with Crippen LogP contribution in [0.25, 0.3) is 0 Å². The Hall–Kier alpha value is -1.84. The fourth-order valence-electron chi connectivity index (χ4n) is 1.54. The number of aliphatic imine (C=N–C) groups is 1. The van der Waals surface area contributed by atoms with Crippen molar-refractivity contribution in [2.24, 2.45) is 4.99 Å². The van der Waals surface area contributed by atoms with Crippen LogP contribution < -0.4 is 11.1 Å². The Balaban J connectivity index is 2.41. The van der Waals surface area contributed by atoms with Crippen LogP contribution in [0.4, 0.5) is 5.69 Å². The molecule has 1 aliphatic rings. The minimum Gasteiger partial charge on any atom is -0.398 e. The molecule has 1 amide bonds. The number of rotatable bonds is 1. The van der Waals surface area contributed by atoms with Gasteiger partial charge >= 0.3 is 0 Å². The van der Waals surface area contributed by atoms with E-state index in [0.717, 1.165) is 11.1 Å². The van der Waals surface area contributed by atoms with E-state index in [1.165, 1.54) is 0 Å². The zero-order valence-corrected chi connectivity index (χ0v) is 8.58. The smallest absolute Gasteiger partial charge is 0.227 e. The number of para-hydroxylation sites is 1. The van der Waals surface area contributed by atoms with Crippen molar-refractivity contribution in [1.29, 1.82) is 0 Å². The highest BCUT2D eigenvalue weighted by atomic mass is 16.1. The first kappa shape index (κ1) is 9.71. The fraction of sp³-hybridized carbons (Fsp3) is 0.273. The van der Waals surface area contributed by atoms with Crippen molar-refractivity contribution in [3.8, 4) is 0 Å². The number of aryl methyl sites for hydroxylation is 1. The van der Waals surface area contributed by atoms with Gasteiger partial charge in [0.1, 0.15) is 5.84 Å². The summed E-state index contributed by atoms with van der Waals surface area (Å²) in [5.41, 5.74) is 8.41. The molecule has 0 unspecified atom stereocenters. The monoisotopic (exact) mass is 203 g/mol. The topological polar surface area (TPSA) is 67.5 Å². The first-order chi connectivity index (χ1) is 7.18. The third-order valence-electron chi connectivity index (χ3n) is 2.45. The summed E-state index contributed by atoms with van der Waals surface area (Å²) in [7, 11) is 0. The van der Waals surface area contributed by atoms with Gasteiger partial charge in [-0.05, 0) is 18.6 Å². The predicted octanol–water partition coefficient (Wildman–Crippen LogP) is 0.844. The van der Waals surface area contributed by atoms with Crippen LogP contribution in [0, 0.1) is 6.92 Å². The molecule has 3 N–H and O–H groups in total. The normalized spacial score (nSPS) is 15.8. The van der Waals surface area contributed by atoms with Crippen molar-refractivity contribution >= 4 is 17.4 Å². The maximum atomic E-state index is 11.2. The fourth-order valence-corrected chi connectivity index (χ4v) is 1.54. The van der Waals surface area contributed by atoms with Crippen molar-refractivity contribution in [2.45, 2.75) is 13.3 Å². The molecule has 0 radical (unpaired) electrons. The SMILES string of the molecule is Cc1cccc(C2=NCCC(=O)N2)c1N. The maximum Gasteiger partial charge on any atom is 0.227 e. The minimum atomic E-state index is 0.000839. The summed E-state index contributed by atoms with van der Waals surface area (Å²) in [5, 5.41) is 2.73. The van der Waals surface area contributed by atoms with Crippen molar-refractivity contribution in [2.75, 3.05) is 12.3 Å². The van der Waals surface area contributed by atoms with Gasteiger partial charge in [-0.25, -0.2) is 0 Å². The second kappa shape index (κ2) is 3.73. The Morgan fingerprint density at radius 3 is 3.00 bits per heavy atom. The molecule has 0 bridgehead atoms. The van der Waals surface area contributed by atoms with Gasteiger partial charge in [-0.3, -0.25) is 9.79 Å². The molecule has 0 aliphatic carbocycles. The summed E-state index contributed by atoms with van der Waals surface area (Å²) in [6.07, 6.45) is 0.454. The molecule has 0 spiro atoms. The van der Waals surface area contributed by atoms with Gasteiger partial charge in [-0.15, -0.1) is 0 Å². The molecule has 0 fully saturated rings. The molecule has 1 aromatic rings. The van der Waals surface area contributed by atoms with E-state index >= 15 is 0 Å². The van der Waals surface area contributed by atoms with Crippen LogP contribution in [0.15, 0.2) is 23.2 Å². The molecule has 4 nitrogen and oxygen atoms in total. The first-order valence-corrected chi connectivity index (χ1v) is 4.88. The highest BCUT2D eigenvalue weighted by Gasteiger charge is 2.15. The number of nitrogens with zero attached hydrogens (tertiary/aromatic N) is 1. The van der Waals surface area contributed by atoms with Gasteiger partial charge in [0.05, 0.1) is 6.54 Å². The lowest BCUT2D eigenvalue weighted by molar-refractivity contribution is -0.119. The maximum absolute atomic E-state index is 11.2. The largest absolute Gasteiger partial charge is 0.398 e. The number of hydrogen-bond acceptors (Lipinski definition) is 3. The number of anilines is 1. The van der Waals surface area contributed by atoms with Gasteiger partial charge in [-0.2, -0.15) is 0 Å². The third-order valence-corrected chi connectivity index (χ3v) is 2.45. The van der Waals surface area contributed by atoms with Gasteiger partial charge in [0.15, 0.2) is 0 Å². The van der Waals surface area contributed by atoms with E-state index in [-0.39, 0.29) is 5.91 Å². The summed E-state index contributed by atoms with van der Waals surface area (Å²) in [4.78, 5) is 15.5. The summed E-state index contributed by atoms with van der Waals surface area (Å²) in [6.45, 7) is 2.47. The zero-order valence-electron chi connectivity index (χ0n) is 8.58. The molecule has 2 rings (SSSR count). The number of carbonyl (C=O) groups excluding carboxylic acids is 1. The minimum absolute atomic E-state index is 0.000839. The van der Waals surface area contributed by atoms with E-state index in [1.54, 1.807) is 0 Å². The van der Waals surface area contributed by atoms with E-state index < -0.39 is 0 Å². The van der Waals surface area contributed by atoms with E-state index in [9.17, 15) is 4.79 Å². The molecular formula is C11H13N3O. The van der Waals surface area contributed by atoms with Crippen molar-refractivity contribution < 1.29 is 4.79 Å². The van der Waals surface area contributed by atoms with Gasteiger partial charge in [0, 0.05) is 17.7 Å². The summed E-state index contributed by atoms with van der Waals surface area (Å²) >= 11 is 0. The number of benzene rings is 1. The number of hydrogen-bond donors (Lipinski definition) is 2. The number of nitrogens with two attached hydrogens (primary N) is 1. The molecule has 15 heavy (non-hydrogen) atoms. The van der Waals surface area contributed by atoms with Crippen LogP contribution in [-0.2, 0) is 4.79 Å². The summed E-state index contributed by atoms with van der Waals surface area (Å²) in [5.74, 6) is 0.591. The van der Waals surface area contributed by atoms with Crippen molar-refractivity contribution in [1.82, 2.24) is 5.32 Å². The number of nitrogens with one attached hydrogen (secondary N) is 1. The Kier molecular flexibility index (Phi) is 2.41. The number of amides is 1. The molecule has 1 heterocycles. The standard InChI is InChI=1S/C11H13N3O/c1-7-3-2-4-8(10(7)12)11-13-6-5-9(15)14-11/h2-4H,5-6,12H2,1H3,(H,13,14,15). The molecule has 4 heteroatoms. The Morgan fingerprint density at radius 2 is 2.27 bits per heavy atom. The molecule has 0 saturated carbocycles. The molecule has 78 valence electrons. The summed E-state index contributed by atoms with van der Waals surface area (Å²) < 4.78 is 0. The molecule has 0 atom stereocenters. The second-order valence-electron chi connectivity index (χ2n) is 3.56. The van der Waals surface area contributed by atoms with Crippen LogP contribution in [0.1, 0.15) is 17.5 Å². The Morgan fingerprint density at radius 1 is 1.47 bits per heavy atom. The number of nitrogen functional groups attached to an aromatic ring is 1. The molecular weight excluding hydrogens is 190 g/mol. The summed E-state index contributed by atoms with van der Waals surface area (Å²) in [6, 6.07) is 5.71. The van der Waals surface area contributed by atoms with Crippen LogP contribution in [0.5, 0.6) is 0 Å². The van der Waals surface area contributed by atoms with Crippen LogP contribution in [-0.4, -0.2) is 18.3 Å². The molecule has 1 aliphatic heterocycles. The quantitative estimate of drug-likeness (QED) is 0.664. The first-order valence-electron chi connectivity index (χ1n) is 4.88. The number of amidine groups is 1. The highest BCUT2D eigenvalue weighted by Crippen LogP contribution is 2.17. The van der Waals surface area contributed by atoms with Crippen LogP contribution in [0.2, 0.25) is 0 Å². The predicted molar refractivity (Wildman–Crippen MR) is 59.8 cm³/mol. The van der Waals surface area contributed by atoms with E-state index in [0.29, 0.717) is 24.5 Å². The molecule has 0 aromatic heterocycles. The lowest BCUT2D eigenvalue weighted by atomic mass is 10.1. The molecule has 1 aromatic carbocycles. The van der Waals surface area contributed by atoms with Crippen molar-refractivity contribution in [3.05, 3.63) is 29.3 Å². The van der Waals surface area contributed by atoms with Crippen LogP contribution >= 0.6 is 0 Å². The van der Waals surface area contributed by atoms with Gasteiger partial charge < -0.3 is 11.1 Å². The van der Waals surface area contributed by atoms with Crippen LogP contribution in [0.3, 0.4) is 0 Å². The second-order valence-corrected chi connectivity index (χ2v) is 3.56. The van der Waals surface area contributed by atoms with Crippen molar-refractivity contribution in [3.63, 3.8) is 0 Å². The molecule has 0 saturated heterocycles. The lowest BCUT2D eigenvalue weighted by Gasteiger charge is -2.15. The Bertz CT molecular complexity index is 437. The number of carbonyl (C=O) groups is 1. The van der Waals surface area contributed by atoms with Gasteiger partial charge in [0.25, 0.3) is 0 Å². The Labute approximate surface area is 88.2 Å². The average Bonchev–Trinajstić information content (AvgIpc) is 2.22. The third kappa shape index (κ3) is 1.83. The lowest BCUT2D eigenvalue weighted by Crippen LogP contribution is -2.35.